The highest BCUT2D eigenvalue weighted by atomic mass is 16.5. The first-order valence-corrected chi connectivity index (χ1v) is 6.86. The molecule has 0 aliphatic carbocycles. The van der Waals surface area contributed by atoms with Crippen LogP contribution in [0.2, 0.25) is 0 Å². The zero-order valence-corrected chi connectivity index (χ0v) is 11.8. The van der Waals surface area contributed by atoms with E-state index in [1.54, 1.807) is 7.11 Å². The molecule has 1 aliphatic heterocycles. The van der Waals surface area contributed by atoms with E-state index in [1.165, 1.54) is 5.56 Å². The monoisotopic (exact) mass is 262 g/mol. The molecule has 1 aromatic rings. The van der Waals surface area contributed by atoms with Crippen LogP contribution >= 0.6 is 0 Å². The molecule has 104 valence electrons. The van der Waals surface area contributed by atoms with E-state index in [9.17, 15) is 4.79 Å². The molecule has 1 saturated heterocycles. The SMILES string of the molecule is CCC(=O)N1CCN(Cc2cccc(OC)c2)CC1. The highest BCUT2D eigenvalue weighted by Gasteiger charge is 2.19. The maximum absolute atomic E-state index is 11.6. The van der Waals surface area contributed by atoms with Crippen molar-refractivity contribution in [1.82, 2.24) is 9.80 Å². The summed E-state index contributed by atoms with van der Waals surface area (Å²) in [5.74, 6) is 1.17. The molecule has 19 heavy (non-hydrogen) atoms. The Hall–Kier alpha value is -1.55. The first-order chi connectivity index (χ1) is 9.22. The van der Waals surface area contributed by atoms with Crippen LogP contribution in [0.25, 0.3) is 0 Å². The molecule has 0 aromatic heterocycles. The van der Waals surface area contributed by atoms with Gasteiger partial charge in [-0.25, -0.2) is 0 Å². The van der Waals surface area contributed by atoms with Gasteiger partial charge in [0, 0.05) is 39.1 Å². The summed E-state index contributed by atoms with van der Waals surface area (Å²) in [4.78, 5) is 15.9. The van der Waals surface area contributed by atoms with Crippen molar-refractivity contribution in [1.29, 1.82) is 0 Å². The van der Waals surface area contributed by atoms with Crippen molar-refractivity contribution in [3.63, 3.8) is 0 Å². The second-order valence-corrected chi connectivity index (χ2v) is 4.86. The lowest BCUT2D eigenvalue weighted by Crippen LogP contribution is -2.48. The molecule has 0 spiro atoms. The highest BCUT2D eigenvalue weighted by Crippen LogP contribution is 2.15. The minimum atomic E-state index is 0.265. The predicted octanol–water partition coefficient (Wildman–Crippen LogP) is 1.75. The molecule has 0 unspecified atom stereocenters. The molecule has 4 heteroatoms. The third-order valence-corrected chi connectivity index (χ3v) is 3.57. The van der Waals surface area contributed by atoms with Crippen LogP contribution in [0.1, 0.15) is 18.9 Å². The number of piperazine rings is 1. The smallest absolute Gasteiger partial charge is 0.222 e. The van der Waals surface area contributed by atoms with E-state index in [0.29, 0.717) is 6.42 Å². The van der Waals surface area contributed by atoms with Crippen LogP contribution in [0.4, 0.5) is 0 Å². The molecule has 0 bridgehead atoms. The Morgan fingerprint density at radius 1 is 1.26 bits per heavy atom. The van der Waals surface area contributed by atoms with Crippen LogP contribution in [0, 0.1) is 0 Å². The Labute approximate surface area is 115 Å². The number of carbonyl (C=O) groups excluding carboxylic acids is 1. The fourth-order valence-electron chi connectivity index (χ4n) is 2.41. The van der Waals surface area contributed by atoms with Gasteiger partial charge in [0.25, 0.3) is 0 Å². The zero-order valence-electron chi connectivity index (χ0n) is 11.8. The van der Waals surface area contributed by atoms with Gasteiger partial charge in [0.1, 0.15) is 5.75 Å². The highest BCUT2D eigenvalue weighted by molar-refractivity contribution is 5.75. The topological polar surface area (TPSA) is 32.8 Å². The van der Waals surface area contributed by atoms with Gasteiger partial charge in [-0.15, -0.1) is 0 Å². The van der Waals surface area contributed by atoms with Crippen molar-refractivity contribution in [3.8, 4) is 5.75 Å². The Morgan fingerprint density at radius 3 is 2.63 bits per heavy atom. The Balaban J connectivity index is 1.86. The molecule has 4 nitrogen and oxygen atoms in total. The van der Waals surface area contributed by atoms with Crippen molar-refractivity contribution in [2.45, 2.75) is 19.9 Å². The fraction of sp³-hybridized carbons (Fsp3) is 0.533. The van der Waals surface area contributed by atoms with Gasteiger partial charge < -0.3 is 9.64 Å². The average Bonchev–Trinajstić information content (AvgIpc) is 2.47. The summed E-state index contributed by atoms with van der Waals surface area (Å²) < 4.78 is 5.24. The Kier molecular flexibility index (Phi) is 4.80. The van der Waals surface area contributed by atoms with Gasteiger partial charge in [-0.2, -0.15) is 0 Å². The van der Waals surface area contributed by atoms with Crippen molar-refractivity contribution in [3.05, 3.63) is 29.8 Å². The molecule has 1 aliphatic rings. The summed E-state index contributed by atoms with van der Waals surface area (Å²) >= 11 is 0. The van der Waals surface area contributed by atoms with Crippen LogP contribution in [0.5, 0.6) is 5.75 Å². The molecular weight excluding hydrogens is 240 g/mol. The van der Waals surface area contributed by atoms with E-state index in [1.807, 2.05) is 24.0 Å². The molecule has 1 aromatic carbocycles. The van der Waals surface area contributed by atoms with E-state index in [4.69, 9.17) is 4.74 Å². The van der Waals surface area contributed by atoms with Gasteiger partial charge in [-0.05, 0) is 17.7 Å². The van der Waals surface area contributed by atoms with Gasteiger partial charge in [0.05, 0.1) is 7.11 Å². The molecule has 1 amide bonds. The lowest BCUT2D eigenvalue weighted by Gasteiger charge is -2.34. The van der Waals surface area contributed by atoms with Gasteiger partial charge >= 0.3 is 0 Å². The quantitative estimate of drug-likeness (QED) is 0.828. The second kappa shape index (κ2) is 6.57. The van der Waals surface area contributed by atoms with Crippen molar-refractivity contribution in [2.24, 2.45) is 0 Å². The number of amides is 1. The Bertz CT molecular complexity index is 426. The van der Waals surface area contributed by atoms with E-state index in [0.717, 1.165) is 38.5 Å². The normalized spacial score (nSPS) is 16.4. The average molecular weight is 262 g/mol. The summed E-state index contributed by atoms with van der Waals surface area (Å²) in [7, 11) is 1.69. The van der Waals surface area contributed by atoms with E-state index in [2.05, 4.69) is 17.0 Å². The number of hydrogen-bond acceptors (Lipinski definition) is 3. The number of carbonyl (C=O) groups is 1. The Morgan fingerprint density at radius 2 is 2.00 bits per heavy atom. The maximum Gasteiger partial charge on any atom is 0.222 e. The summed E-state index contributed by atoms with van der Waals surface area (Å²) in [6.07, 6.45) is 0.607. The van der Waals surface area contributed by atoms with Crippen LogP contribution in [0.15, 0.2) is 24.3 Å². The number of ether oxygens (including phenoxy) is 1. The van der Waals surface area contributed by atoms with Crippen LogP contribution in [0.3, 0.4) is 0 Å². The van der Waals surface area contributed by atoms with Crippen LogP contribution < -0.4 is 4.74 Å². The number of benzene rings is 1. The van der Waals surface area contributed by atoms with Crippen molar-refractivity contribution < 1.29 is 9.53 Å². The largest absolute Gasteiger partial charge is 0.497 e. The summed E-state index contributed by atoms with van der Waals surface area (Å²) in [6.45, 7) is 6.43. The second-order valence-electron chi connectivity index (χ2n) is 4.86. The van der Waals surface area contributed by atoms with Gasteiger partial charge in [0.2, 0.25) is 5.91 Å². The molecule has 0 N–H and O–H groups in total. The molecule has 0 saturated carbocycles. The van der Waals surface area contributed by atoms with Gasteiger partial charge in [-0.1, -0.05) is 19.1 Å². The predicted molar refractivity (Wildman–Crippen MR) is 75.1 cm³/mol. The van der Waals surface area contributed by atoms with E-state index >= 15 is 0 Å². The van der Waals surface area contributed by atoms with Crippen LogP contribution in [-0.2, 0) is 11.3 Å². The standard InChI is InChI=1S/C15H22N2O2/c1-3-15(18)17-9-7-16(8-10-17)12-13-5-4-6-14(11-13)19-2/h4-6,11H,3,7-10,12H2,1-2H3. The number of nitrogens with zero attached hydrogens (tertiary/aromatic N) is 2. The first-order valence-electron chi connectivity index (χ1n) is 6.86. The minimum Gasteiger partial charge on any atom is -0.497 e. The molecule has 2 rings (SSSR count). The molecule has 0 radical (unpaired) electrons. The van der Waals surface area contributed by atoms with Crippen LogP contribution in [-0.4, -0.2) is 49.0 Å². The summed E-state index contributed by atoms with van der Waals surface area (Å²) in [5, 5.41) is 0. The summed E-state index contributed by atoms with van der Waals surface area (Å²) in [5.41, 5.74) is 1.26. The summed E-state index contributed by atoms with van der Waals surface area (Å²) in [6, 6.07) is 8.17. The third-order valence-electron chi connectivity index (χ3n) is 3.57. The van der Waals surface area contributed by atoms with Gasteiger partial charge in [-0.3, -0.25) is 9.69 Å². The molecule has 1 heterocycles. The van der Waals surface area contributed by atoms with E-state index in [-0.39, 0.29) is 5.91 Å². The fourth-order valence-corrected chi connectivity index (χ4v) is 2.41. The minimum absolute atomic E-state index is 0.265. The zero-order chi connectivity index (χ0) is 13.7. The number of hydrogen-bond donors (Lipinski definition) is 0. The first kappa shape index (κ1) is 13.9. The third kappa shape index (κ3) is 3.70. The van der Waals surface area contributed by atoms with Gasteiger partial charge in [0.15, 0.2) is 0 Å². The molecular formula is C15H22N2O2. The van der Waals surface area contributed by atoms with E-state index < -0.39 is 0 Å². The lowest BCUT2D eigenvalue weighted by atomic mass is 10.2. The number of rotatable bonds is 4. The molecule has 0 atom stereocenters. The number of methoxy groups -OCH3 is 1. The molecule has 1 fully saturated rings. The maximum atomic E-state index is 11.6. The lowest BCUT2D eigenvalue weighted by molar-refractivity contribution is -0.132. The van der Waals surface area contributed by atoms with Crippen molar-refractivity contribution in [2.75, 3.05) is 33.3 Å². The van der Waals surface area contributed by atoms with Crippen molar-refractivity contribution >= 4 is 5.91 Å².